The molecule has 2 aromatic rings. The first-order valence-electron chi connectivity index (χ1n) is 8.57. The van der Waals surface area contributed by atoms with Gasteiger partial charge in [-0.3, -0.25) is 9.69 Å². The van der Waals surface area contributed by atoms with Gasteiger partial charge in [0, 0.05) is 29.7 Å². The number of benzene rings is 2. The molecule has 0 radical (unpaired) electrons. The molecule has 27 heavy (non-hydrogen) atoms. The van der Waals surface area contributed by atoms with Crippen molar-refractivity contribution >= 4 is 38.9 Å². The van der Waals surface area contributed by atoms with Gasteiger partial charge in [-0.25, -0.2) is 8.42 Å². The normalized spacial score (nSPS) is 14.5. The van der Waals surface area contributed by atoms with Crippen LogP contribution in [-0.2, 0) is 16.4 Å². The van der Waals surface area contributed by atoms with Crippen molar-refractivity contribution in [1.82, 2.24) is 4.90 Å². The van der Waals surface area contributed by atoms with Crippen LogP contribution in [0.1, 0.15) is 28.8 Å². The minimum atomic E-state index is -3.54. The highest BCUT2D eigenvalue weighted by atomic mass is 35.5. The van der Waals surface area contributed by atoms with E-state index in [-0.39, 0.29) is 15.7 Å². The largest absolute Gasteiger partial charge is 0.366 e. The summed E-state index contributed by atoms with van der Waals surface area (Å²) in [6, 6.07) is 11.9. The van der Waals surface area contributed by atoms with Gasteiger partial charge < -0.3 is 5.73 Å². The van der Waals surface area contributed by atoms with Crippen molar-refractivity contribution in [2.45, 2.75) is 30.3 Å². The summed E-state index contributed by atoms with van der Waals surface area (Å²) in [5.41, 5.74) is 6.72. The van der Waals surface area contributed by atoms with Gasteiger partial charge in [0.15, 0.2) is 9.84 Å². The van der Waals surface area contributed by atoms with E-state index in [9.17, 15) is 13.2 Å². The molecule has 3 rings (SSSR count). The summed E-state index contributed by atoms with van der Waals surface area (Å²) < 4.78 is 25.4. The number of hydrogen-bond donors (Lipinski definition) is 1. The van der Waals surface area contributed by atoms with Gasteiger partial charge in [0.05, 0.1) is 15.7 Å². The van der Waals surface area contributed by atoms with Crippen molar-refractivity contribution < 1.29 is 13.2 Å². The molecule has 1 aliphatic carbocycles. The van der Waals surface area contributed by atoms with E-state index in [2.05, 4.69) is 4.90 Å². The zero-order chi connectivity index (χ0) is 19.6. The fourth-order valence-electron chi connectivity index (χ4n) is 2.90. The van der Waals surface area contributed by atoms with E-state index in [0.717, 1.165) is 18.4 Å². The number of nitrogens with two attached hydrogens (primary N) is 1. The molecule has 0 aromatic heterocycles. The Balaban J connectivity index is 1.70. The Hall–Kier alpha value is -1.60. The molecular formula is C19H20Cl2N2O3S. The number of hydrogen-bond acceptors (Lipinski definition) is 4. The van der Waals surface area contributed by atoms with Crippen LogP contribution >= 0.6 is 23.2 Å². The van der Waals surface area contributed by atoms with Gasteiger partial charge in [-0.15, -0.1) is 0 Å². The van der Waals surface area contributed by atoms with Crippen LogP contribution in [0.15, 0.2) is 47.4 Å². The Morgan fingerprint density at radius 1 is 1.11 bits per heavy atom. The number of amides is 1. The van der Waals surface area contributed by atoms with Crippen LogP contribution < -0.4 is 5.73 Å². The molecule has 144 valence electrons. The molecule has 0 saturated heterocycles. The molecule has 0 heterocycles. The first-order valence-corrected chi connectivity index (χ1v) is 11.0. The van der Waals surface area contributed by atoms with E-state index in [4.69, 9.17) is 28.9 Å². The summed E-state index contributed by atoms with van der Waals surface area (Å²) in [5, 5.41) is 0.519. The van der Waals surface area contributed by atoms with Crippen LogP contribution in [0.25, 0.3) is 0 Å². The molecule has 0 spiro atoms. The lowest BCUT2D eigenvalue weighted by molar-refractivity contribution is 0.1000. The number of rotatable bonds is 8. The predicted molar refractivity (Wildman–Crippen MR) is 107 cm³/mol. The van der Waals surface area contributed by atoms with Crippen molar-refractivity contribution in [3.63, 3.8) is 0 Å². The minimum absolute atomic E-state index is 0.0388. The average molecular weight is 427 g/mol. The van der Waals surface area contributed by atoms with Crippen molar-refractivity contribution in [1.29, 1.82) is 0 Å². The van der Waals surface area contributed by atoms with Crippen molar-refractivity contribution in [2.24, 2.45) is 5.73 Å². The predicted octanol–water partition coefficient (Wildman–Crippen LogP) is 3.53. The van der Waals surface area contributed by atoms with Gasteiger partial charge in [0.2, 0.25) is 5.91 Å². The number of primary amides is 1. The van der Waals surface area contributed by atoms with Gasteiger partial charge in [0.25, 0.3) is 0 Å². The smallest absolute Gasteiger partial charge is 0.248 e. The zero-order valence-corrected chi connectivity index (χ0v) is 16.9. The van der Waals surface area contributed by atoms with Crippen molar-refractivity contribution in [3.8, 4) is 0 Å². The van der Waals surface area contributed by atoms with E-state index >= 15 is 0 Å². The first kappa shape index (κ1) is 20.1. The van der Waals surface area contributed by atoms with Crippen LogP contribution in [0.5, 0.6) is 0 Å². The molecule has 1 fully saturated rings. The zero-order valence-electron chi connectivity index (χ0n) is 14.6. The topological polar surface area (TPSA) is 80.5 Å². The lowest BCUT2D eigenvalue weighted by Gasteiger charge is -2.22. The second-order valence-electron chi connectivity index (χ2n) is 6.66. The number of carbonyl (C=O) groups excluding carboxylic acids is 1. The monoisotopic (exact) mass is 426 g/mol. The van der Waals surface area contributed by atoms with Gasteiger partial charge in [-0.1, -0.05) is 35.3 Å². The van der Waals surface area contributed by atoms with Crippen LogP contribution in [0.4, 0.5) is 0 Å². The highest BCUT2D eigenvalue weighted by molar-refractivity contribution is 7.91. The lowest BCUT2D eigenvalue weighted by Crippen LogP contribution is -2.31. The van der Waals surface area contributed by atoms with E-state index in [1.165, 1.54) is 12.1 Å². The van der Waals surface area contributed by atoms with Crippen LogP contribution in [-0.4, -0.2) is 37.6 Å². The van der Waals surface area contributed by atoms with Gasteiger partial charge >= 0.3 is 0 Å². The summed E-state index contributed by atoms with van der Waals surface area (Å²) in [7, 11) is -3.54. The molecule has 1 saturated carbocycles. The van der Waals surface area contributed by atoms with E-state index < -0.39 is 15.7 Å². The van der Waals surface area contributed by atoms with Gasteiger partial charge in [0.1, 0.15) is 0 Å². The number of halogens is 2. The minimum Gasteiger partial charge on any atom is -0.366 e. The molecule has 1 aliphatic rings. The Morgan fingerprint density at radius 2 is 1.78 bits per heavy atom. The Morgan fingerprint density at radius 3 is 2.37 bits per heavy atom. The Labute approximate surface area is 169 Å². The molecule has 2 aromatic carbocycles. The molecule has 0 unspecified atom stereocenters. The summed E-state index contributed by atoms with van der Waals surface area (Å²) in [6.45, 7) is 1.01. The number of carbonyl (C=O) groups is 1. The van der Waals surface area contributed by atoms with Gasteiger partial charge in [-0.2, -0.15) is 0 Å². The first-order chi connectivity index (χ1) is 12.8. The molecule has 0 atom stereocenters. The van der Waals surface area contributed by atoms with Crippen LogP contribution in [0.3, 0.4) is 0 Å². The molecule has 8 heteroatoms. The third kappa shape index (κ3) is 5.23. The fourth-order valence-corrected chi connectivity index (χ4v) is 4.98. The quantitative estimate of drug-likeness (QED) is 0.699. The number of sulfone groups is 1. The molecule has 2 N–H and O–H groups in total. The lowest BCUT2D eigenvalue weighted by atomic mass is 10.1. The Bertz CT molecular complexity index is 942. The highest BCUT2D eigenvalue weighted by Crippen LogP contribution is 2.30. The van der Waals surface area contributed by atoms with Crippen LogP contribution in [0, 0.1) is 0 Å². The second kappa shape index (κ2) is 8.19. The van der Waals surface area contributed by atoms with Gasteiger partial charge in [-0.05, 0) is 48.7 Å². The molecule has 0 aliphatic heterocycles. The Kier molecular flexibility index (Phi) is 6.11. The summed E-state index contributed by atoms with van der Waals surface area (Å²) in [4.78, 5) is 13.4. The maximum Gasteiger partial charge on any atom is 0.248 e. The molecule has 1 amide bonds. The van der Waals surface area contributed by atoms with Crippen LogP contribution in [0.2, 0.25) is 10.0 Å². The van der Waals surface area contributed by atoms with E-state index in [1.807, 2.05) is 12.1 Å². The van der Waals surface area contributed by atoms with Crippen molar-refractivity contribution in [3.05, 3.63) is 63.6 Å². The third-order valence-electron chi connectivity index (χ3n) is 4.56. The second-order valence-corrected chi connectivity index (χ2v) is 9.58. The number of nitrogens with zero attached hydrogens (tertiary/aromatic N) is 1. The maximum atomic E-state index is 12.7. The standard InChI is InChI=1S/C19H20Cl2N2O3S/c20-15-5-8-17(21)18(11-15)27(25,26)10-9-23(16-6-7-16)12-13-1-3-14(4-2-13)19(22)24/h1-5,8,11,16H,6-7,9-10,12H2,(H2,22,24). The SMILES string of the molecule is NC(=O)c1ccc(CN(CCS(=O)(=O)c2cc(Cl)ccc2Cl)C2CC2)cc1. The summed E-state index contributed by atoms with van der Waals surface area (Å²) in [6.07, 6.45) is 2.11. The third-order valence-corrected chi connectivity index (χ3v) is 6.97. The average Bonchev–Trinajstić information content (AvgIpc) is 3.46. The fraction of sp³-hybridized carbons (Fsp3) is 0.316. The summed E-state index contributed by atoms with van der Waals surface area (Å²) in [5.74, 6) is -0.506. The molecule has 5 nitrogen and oxygen atoms in total. The van der Waals surface area contributed by atoms with E-state index in [1.54, 1.807) is 18.2 Å². The molecular weight excluding hydrogens is 407 g/mol. The summed E-state index contributed by atoms with van der Waals surface area (Å²) >= 11 is 12.0. The maximum absolute atomic E-state index is 12.7. The van der Waals surface area contributed by atoms with Crippen molar-refractivity contribution in [2.75, 3.05) is 12.3 Å². The molecule has 0 bridgehead atoms. The highest BCUT2D eigenvalue weighted by Gasteiger charge is 2.30. The van der Waals surface area contributed by atoms with E-state index in [0.29, 0.717) is 29.7 Å².